The van der Waals surface area contributed by atoms with E-state index >= 15 is 0 Å². The lowest BCUT2D eigenvalue weighted by atomic mass is 9.94. The van der Waals surface area contributed by atoms with Crippen LogP contribution in [-0.2, 0) is 22.5 Å². The van der Waals surface area contributed by atoms with Crippen LogP contribution in [0.4, 0.5) is 4.79 Å². The van der Waals surface area contributed by atoms with Crippen LogP contribution in [0.1, 0.15) is 28.2 Å². The fourth-order valence-corrected chi connectivity index (χ4v) is 4.78. The third-order valence-electron chi connectivity index (χ3n) is 6.40. The van der Waals surface area contributed by atoms with Gasteiger partial charge in [-0.25, -0.2) is 9.59 Å². The number of hydrogen-bond acceptors (Lipinski definition) is 4. The molecule has 3 aromatic carbocycles. The van der Waals surface area contributed by atoms with Gasteiger partial charge in [0.1, 0.15) is 18.4 Å². The quantitative estimate of drug-likeness (QED) is 0.663. The summed E-state index contributed by atoms with van der Waals surface area (Å²) in [6.45, 7) is 0.320. The molecule has 5 rings (SSSR count). The van der Waals surface area contributed by atoms with E-state index in [0.717, 1.165) is 33.4 Å². The van der Waals surface area contributed by atoms with Crippen molar-refractivity contribution < 1.29 is 24.2 Å². The van der Waals surface area contributed by atoms with Crippen LogP contribution in [0.25, 0.3) is 11.1 Å². The van der Waals surface area contributed by atoms with Crippen molar-refractivity contribution in [2.75, 3.05) is 13.7 Å². The Balaban J connectivity index is 1.38. The van der Waals surface area contributed by atoms with E-state index in [0.29, 0.717) is 5.75 Å². The molecule has 1 heterocycles. The number of carbonyl (C=O) groups is 2. The number of hydrogen-bond donors (Lipinski definition) is 1. The molecular formula is C26H23NO5. The van der Waals surface area contributed by atoms with Gasteiger partial charge in [0.05, 0.1) is 13.7 Å². The van der Waals surface area contributed by atoms with Gasteiger partial charge in [0.2, 0.25) is 0 Å². The zero-order valence-electron chi connectivity index (χ0n) is 17.7. The number of rotatable bonds is 4. The fourth-order valence-electron chi connectivity index (χ4n) is 4.78. The Bertz CT molecular complexity index is 1160. The minimum absolute atomic E-state index is 0.0770. The monoisotopic (exact) mass is 429 g/mol. The molecule has 0 saturated carbocycles. The van der Waals surface area contributed by atoms with Gasteiger partial charge in [-0.15, -0.1) is 0 Å². The van der Waals surface area contributed by atoms with Gasteiger partial charge in [0.15, 0.2) is 0 Å². The molecule has 32 heavy (non-hydrogen) atoms. The van der Waals surface area contributed by atoms with Crippen LogP contribution in [0, 0.1) is 0 Å². The molecule has 0 radical (unpaired) electrons. The number of amides is 1. The third-order valence-corrected chi connectivity index (χ3v) is 6.40. The van der Waals surface area contributed by atoms with Crippen LogP contribution in [0.5, 0.6) is 5.75 Å². The lowest BCUT2D eigenvalue weighted by Crippen LogP contribution is -2.49. The molecule has 1 amide bonds. The first-order chi connectivity index (χ1) is 15.6. The first-order valence-electron chi connectivity index (χ1n) is 10.6. The summed E-state index contributed by atoms with van der Waals surface area (Å²) < 4.78 is 11.0. The van der Waals surface area contributed by atoms with Gasteiger partial charge in [0.25, 0.3) is 0 Å². The Kier molecular flexibility index (Phi) is 5.05. The maximum atomic E-state index is 13.1. The van der Waals surface area contributed by atoms with Gasteiger partial charge >= 0.3 is 12.1 Å². The van der Waals surface area contributed by atoms with Gasteiger partial charge in [-0.3, -0.25) is 4.90 Å². The van der Waals surface area contributed by atoms with E-state index in [4.69, 9.17) is 9.47 Å². The van der Waals surface area contributed by atoms with E-state index in [2.05, 4.69) is 24.3 Å². The summed E-state index contributed by atoms with van der Waals surface area (Å²) in [6.07, 6.45) is -0.383. The van der Waals surface area contributed by atoms with Crippen molar-refractivity contribution in [1.82, 2.24) is 4.90 Å². The molecule has 1 atom stereocenters. The minimum atomic E-state index is -1.04. The Morgan fingerprint density at radius 2 is 1.62 bits per heavy atom. The molecule has 1 aliphatic heterocycles. The van der Waals surface area contributed by atoms with Crippen LogP contribution in [0.2, 0.25) is 0 Å². The third kappa shape index (κ3) is 3.38. The molecule has 0 saturated heterocycles. The van der Waals surface area contributed by atoms with Gasteiger partial charge < -0.3 is 14.6 Å². The number of nitrogens with zero attached hydrogens (tertiary/aromatic N) is 1. The maximum absolute atomic E-state index is 13.1. The second-order valence-electron chi connectivity index (χ2n) is 8.12. The summed E-state index contributed by atoms with van der Waals surface area (Å²) in [5.74, 6) is -0.447. The van der Waals surface area contributed by atoms with E-state index in [1.807, 2.05) is 36.4 Å². The lowest BCUT2D eigenvalue weighted by Gasteiger charge is -2.34. The number of carboxylic acid groups (broad SMARTS) is 1. The highest BCUT2D eigenvalue weighted by atomic mass is 16.6. The van der Waals surface area contributed by atoms with E-state index in [9.17, 15) is 14.7 Å². The van der Waals surface area contributed by atoms with E-state index < -0.39 is 18.1 Å². The molecule has 162 valence electrons. The highest BCUT2D eigenvalue weighted by Crippen LogP contribution is 2.44. The molecule has 6 nitrogen and oxygen atoms in total. The van der Waals surface area contributed by atoms with Gasteiger partial charge in [0, 0.05) is 12.3 Å². The van der Waals surface area contributed by atoms with E-state index in [1.165, 1.54) is 4.90 Å². The highest BCUT2D eigenvalue weighted by Gasteiger charge is 2.37. The van der Waals surface area contributed by atoms with Gasteiger partial charge in [-0.05, 0) is 45.5 Å². The summed E-state index contributed by atoms with van der Waals surface area (Å²) in [5.41, 5.74) is 6.30. The average molecular weight is 429 g/mol. The summed E-state index contributed by atoms with van der Waals surface area (Å²) >= 11 is 0. The Morgan fingerprint density at radius 3 is 2.25 bits per heavy atom. The topological polar surface area (TPSA) is 76.1 Å². The van der Waals surface area contributed by atoms with Crippen molar-refractivity contribution in [1.29, 1.82) is 0 Å². The molecule has 0 bridgehead atoms. The summed E-state index contributed by atoms with van der Waals surface area (Å²) in [4.78, 5) is 26.3. The minimum Gasteiger partial charge on any atom is -0.497 e. The molecule has 1 aliphatic carbocycles. The molecule has 1 N–H and O–H groups in total. The molecule has 1 unspecified atom stereocenters. The van der Waals surface area contributed by atoms with Crippen molar-refractivity contribution in [2.45, 2.75) is 24.9 Å². The normalized spacial score (nSPS) is 16.7. The fraction of sp³-hybridized carbons (Fsp3) is 0.231. The second kappa shape index (κ2) is 8.04. The predicted octanol–water partition coefficient (Wildman–Crippen LogP) is 4.46. The van der Waals surface area contributed by atoms with Gasteiger partial charge in [-0.2, -0.15) is 0 Å². The molecule has 0 fully saturated rings. The molecule has 3 aromatic rings. The number of methoxy groups -OCH3 is 1. The molecule has 6 heteroatoms. The largest absolute Gasteiger partial charge is 0.497 e. The lowest BCUT2D eigenvalue weighted by molar-refractivity contribution is -0.143. The van der Waals surface area contributed by atoms with Crippen molar-refractivity contribution >= 4 is 12.1 Å². The average Bonchev–Trinajstić information content (AvgIpc) is 3.15. The smallest absolute Gasteiger partial charge is 0.410 e. The van der Waals surface area contributed by atoms with Crippen molar-refractivity contribution in [3.05, 3.63) is 89.0 Å². The number of carbonyl (C=O) groups excluding carboxylic acids is 1. The molecule has 2 aliphatic rings. The second-order valence-corrected chi connectivity index (χ2v) is 8.12. The van der Waals surface area contributed by atoms with Crippen LogP contribution in [0.15, 0.2) is 66.7 Å². The zero-order chi connectivity index (χ0) is 22.2. The number of ether oxygens (including phenoxy) is 2. The predicted molar refractivity (Wildman–Crippen MR) is 119 cm³/mol. The zero-order valence-corrected chi connectivity index (χ0v) is 17.7. The number of fused-ring (bicyclic) bond motifs is 4. The van der Waals surface area contributed by atoms with E-state index in [1.54, 1.807) is 13.2 Å². The van der Waals surface area contributed by atoms with Crippen LogP contribution in [0.3, 0.4) is 0 Å². The molecular weight excluding hydrogens is 406 g/mol. The maximum Gasteiger partial charge on any atom is 0.410 e. The van der Waals surface area contributed by atoms with E-state index in [-0.39, 0.29) is 25.5 Å². The van der Waals surface area contributed by atoms with Crippen molar-refractivity contribution in [2.24, 2.45) is 0 Å². The van der Waals surface area contributed by atoms with Gasteiger partial charge in [-0.1, -0.05) is 54.6 Å². The first kappa shape index (κ1) is 20.1. The van der Waals surface area contributed by atoms with Crippen LogP contribution in [-0.4, -0.2) is 41.8 Å². The standard InChI is InChI=1S/C26H23NO5/c1-31-18-11-10-16-13-24(25(28)29)27(14-17(16)12-18)26(30)32-15-23-21-8-4-2-6-19(21)20-7-3-5-9-22(20)23/h2-12,23-24H,13-15H2,1H3,(H,28,29). The number of carboxylic acids is 1. The summed E-state index contributed by atoms with van der Waals surface area (Å²) in [7, 11) is 1.58. The number of benzene rings is 3. The number of aliphatic carboxylic acids is 1. The van der Waals surface area contributed by atoms with Crippen LogP contribution >= 0.6 is 0 Å². The molecule has 0 aromatic heterocycles. The van der Waals surface area contributed by atoms with Crippen LogP contribution < -0.4 is 4.74 Å². The van der Waals surface area contributed by atoms with Crippen molar-refractivity contribution in [3.8, 4) is 16.9 Å². The molecule has 0 spiro atoms. The Hall–Kier alpha value is -3.80. The highest BCUT2D eigenvalue weighted by molar-refractivity contribution is 5.82. The first-order valence-corrected chi connectivity index (χ1v) is 10.6. The SMILES string of the molecule is COc1ccc2c(c1)CN(C(=O)OCC1c3ccccc3-c3ccccc31)C(C(=O)O)C2. The Labute approximate surface area is 186 Å². The summed E-state index contributed by atoms with van der Waals surface area (Å²) in [5, 5.41) is 9.75. The van der Waals surface area contributed by atoms with Crippen molar-refractivity contribution in [3.63, 3.8) is 0 Å². The Morgan fingerprint density at radius 1 is 0.969 bits per heavy atom. The summed E-state index contributed by atoms with van der Waals surface area (Å²) in [6, 6.07) is 20.8.